The summed E-state index contributed by atoms with van der Waals surface area (Å²) < 4.78 is 13.4. The molecule has 0 aliphatic carbocycles. The number of ether oxygens (including phenoxy) is 2. The molecule has 2 unspecified atom stereocenters. The molecule has 1 aliphatic heterocycles. The largest absolute Gasteiger partial charge is 0.496 e. The Morgan fingerprint density at radius 2 is 1.60 bits per heavy atom. The van der Waals surface area contributed by atoms with Crippen LogP contribution in [0.3, 0.4) is 0 Å². The third-order valence-corrected chi connectivity index (χ3v) is 5.96. The van der Waals surface area contributed by atoms with Crippen molar-refractivity contribution < 1.29 is 14.3 Å². The molecule has 2 atom stereocenters. The molecule has 30 heavy (non-hydrogen) atoms. The van der Waals surface area contributed by atoms with Crippen LogP contribution < -0.4 is 9.47 Å². The van der Waals surface area contributed by atoms with Gasteiger partial charge < -0.3 is 18.8 Å². The molecule has 2 aromatic carbocycles. The molecule has 0 radical (unpaired) electrons. The first-order chi connectivity index (χ1) is 14.7. The summed E-state index contributed by atoms with van der Waals surface area (Å²) in [5.74, 6) is 1.61. The Morgan fingerprint density at radius 1 is 0.933 bits per heavy atom. The van der Waals surface area contributed by atoms with Crippen molar-refractivity contribution in [1.29, 1.82) is 0 Å². The van der Waals surface area contributed by atoms with Crippen LogP contribution in [0.5, 0.6) is 11.5 Å². The van der Waals surface area contributed by atoms with Gasteiger partial charge in [0.25, 0.3) is 0 Å². The van der Waals surface area contributed by atoms with Crippen LogP contribution in [0.4, 0.5) is 0 Å². The SMILES string of the molecule is COc1cccc(OC)c1C1CCCC(C=O)N1Cc1ccc(-n2cccc2)cc1. The van der Waals surface area contributed by atoms with Gasteiger partial charge in [-0.15, -0.1) is 0 Å². The lowest BCUT2D eigenvalue weighted by Gasteiger charge is -2.41. The van der Waals surface area contributed by atoms with Crippen molar-refractivity contribution in [2.75, 3.05) is 14.2 Å². The van der Waals surface area contributed by atoms with Gasteiger partial charge in [-0.05, 0) is 61.2 Å². The normalized spacial score (nSPS) is 19.4. The number of aldehydes is 1. The molecule has 1 aromatic heterocycles. The highest BCUT2D eigenvalue weighted by Gasteiger charge is 2.34. The van der Waals surface area contributed by atoms with Crippen molar-refractivity contribution in [3.05, 3.63) is 78.1 Å². The van der Waals surface area contributed by atoms with E-state index in [9.17, 15) is 4.79 Å². The number of benzene rings is 2. The van der Waals surface area contributed by atoms with Crippen molar-refractivity contribution in [3.8, 4) is 17.2 Å². The molecule has 0 bridgehead atoms. The van der Waals surface area contributed by atoms with E-state index in [-0.39, 0.29) is 12.1 Å². The minimum absolute atomic E-state index is 0.0594. The van der Waals surface area contributed by atoms with Gasteiger partial charge in [0.1, 0.15) is 17.8 Å². The molecule has 0 saturated carbocycles. The van der Waals surface area contributed by atoms with Gasteiger partial charge >= 0.3 is 0 Å². The Bertz CT molecular complexity index is 944. The lowest BCUT2D eigenvalue weighted by atomic mass is 9.89. The highest BCUT2D eigenvalue weighted by atomic mass is 16.5. The van der Waals surface area contributed by atoms with E-state index in [1.54, 1.807) is 14.2 Å². The van der Waals surface area contributed by atoms with Crippen LogP contribution in [0, 0.1) is 0 Å². The molecule has 0 N–H and O–H groups in total. The van der Waals surface area contributed by atoms with E-state index in [0.717, 1.165) is 48.3 Å². The number of piperidine rings is 1. The van der Waals surface area contributed by atoms with Crippen LogP contribution in [-0.4, -0.2) is 36.0 Å². The first-order valence-electron chi connectivity index (χ1n) is 10.4. The summed E-state index contributed by atoms with van der Waals surface area (Å²) in [6.45, 7) is 0.696. The van der Waals surface area contributed by atoms with Gasteiger partial charge in [0.05, 0.1) is 25.8 Å². The van der Waals surface area contributed by atoms with Gasteiger partial charge in [-0.25, -0.2) is 0 Å². The Labute approximate surface area is 177 Å². The molecule has 0 amide bonds. The van der Waals surface area contributed by atoms with E-state index in [4.69, 9.17) is 9.47 Å². The van der Waals surface area contributed by atoms with E-state index in [0.29, 0.717) is 6.54 Å². The number of aromatic nitrogens is 1. The van der Waals surface area contributed by atoms with Crippen LogP contribution >= 0.6 is 0 Å². The second-order valence-electron chi connectivity index (χ2n) is 7.66. The zero-order chi connectivity index (χ0) is 20.9. The quantitative estimate of drug-likeness (QED) is 0.531. The molecule has 5 heteroatoms. The summed E-state index contributed by atoms with van der Waals surface area (Å²) in [4.78, 5) is 14.2. The highest BCUT2D eigenvalue weighted by molar-refractivity contribution is 5.59. The second kappa shape index (κ2) is 9.18. The molecule has 1 saturated heterocycles. The lowest BCUT2D eigenvalue weighted by Crippen LogP contribution is -2.42. The predicted octanol–water partition coefficient (Wildman–Crippen LogP) is 4.79. The smallest absolute Gasteiger partial charge is 0.137 e. The molecular weight excluding hydrogens is 376 g/mol. The molecule has 0 spiro atoms. The van der Waals surface area contributed by atoms with Crippen molar-refractivity contribution in [1.82, 2.24) is 9.47 Å². The van der Waals surface area contributed by atoms with E-state index in [2.05, 4.69) is 33.7 Å². The Hall–Kier alpha value is -3.05. The second-order valence-corrected chi connectivity index (χ2v) is 7.66. The lowest BCUT2D eigenvalue weighted by molar-refractivity contribution is -0.115. The first kappa shape index (κ1) is 20.2. The fraction of sp³-hybridized carbons (Fsp3) is 0.320. The molecule has 5 nitrogen and oxygen atoms in total. The number of rotatable bonds is 7. The van der Waals surface area contributed by atoms with Gasteiger partial charge in [0, 0.05) is 30.7 Å². The topological polar surface area (TPSA) is 43.7 Å². The van der Waals surface area contributed by atoms with Crippen molar-refractivity contribution in [2.45, 2.75) is 37.9 Å². The summed E-state index contributed by atoms with van der Waals surface area (Å²) in [6, 6.07) is 18.4. The first-order valence-corrected chi connectivity index (χ1v) is 10.4. The fourth-order valence-electron chi connectivity index (χ4n) is 4.47. The number of methoxy groups -OCH3 is 2. The van der Waals surface area contributed by atoms with Crippen molar-refractivity contribution >= 4 is 6.29 Å². The average molecular weight is 405 g/mol. The van der Waals surface area contributed by atoms with Gasteiger partial charge in [-0.3, -0.25) is 4.90 Å². The van der Waals surface area contributed by atoms with E-state index >= 15 is 0 Å². The minimum atomic E-state index is -0.123. The minimum Gasteiger partial charge on any atom is -0.496 e. The van der Waals surface area contributed by atoms with Gasteiger partial charge in [-0.2, -0.15) is 0 Å². The summed E-state index contributed by atoms with van der Waals surface area (Å²) in [5.41, 5.74) is 3.33. The zero-order valence-electron chi connectivity index (χ0n) is 17.5. The van der Waals surface area contributed by atoms with Crippen molar-refractivity contribution in [3.63, 3.8) is 0 Å². The van der Waals surface area contributed by atoms with Crippen LogP contribution in [0.25, 0.3) is 5.69 Å². The van der Waals surface area contributed by atoms with Gasteiger partial charge in [0.2, 0.25) is 0 Å². The van der Waals surface area contributed by atoms with E-state index in [1.165, 1.54) is 5.56 Å². The molecule has 1 aliphatic rings. The molecular formula is C25H28N2O3. The Morgan fingerprint density at radius 3 is 2.20 bits per heavy atom. The Balaban J connectivity index is 1.66. The maximum absolute atomic E-state index is 11.9. The predicted molar refractivity (Wildman–Crippen MR) is 117 cm³/mol. The van der Waals surface area contributed by atoms with E-state index < -0.39 is 0 Å². The fourth-order valence-corrected chi connectivity index (χ4v) is 4.47. The number of likely N-dealkylation sites (tertiary alicyclic amines) is 1. The zero-order valence-corrected chi connectivity index (χ0v) is 17.5. The standard InChI is InChI=1S/C25H28N2O3/c1-29-23-9-6-10-24(30-2)25(23)22-8-5-7-21(18-28)27(22)17-19-11-13-20(14-12-19)26-15-3-4-16-26/h3-4,6,9-16,18,21-22H,5,7-8,17H2,1-2H3. The third kappa shape index (κ3) is 3.98. The number of carbonyl (C=O) groups excluding carboxylic acids is 1. The molecule has 4 rings (SSSR count). The van der Waals surface area contributed by atoms with Crippen LogP contribution in [0.2, 0.25) is 0 Å². The summed E-state index contributed by atoms with van der Waals surface area (Å²) in [7, 11) is 3.37. The molecule has 156 valence electrons. The summed E-state index contributed by atoms with van der Waals surface area (Å²) in [6.07, 6.45) is 7.99. The molecule has 1 fully saturated rings. The number of hydrogen-bond donors (Lipinski definition) is 0. The van der Waals surface area contributed by atoms with Crippen LogP contribution in [-0.2, 0) is 11.3 Å². The molecule has 2 heterocycles. The van der Waals surface area contributed by atoms with Crippen LogP contribution in [0.1, 0.15) is 36.4 Å². The summed E-state index contributed by atoms with van der Waals surface area (Å²) >= 11 is 0. The number of nitrogens with zero attached hydrogens (tertiary/aromatic N) is 2. The number of carbonyl (C=O) groups is 1. The maximum Gasteiger partial charge on any atom is 0.137 e. The Kier molecular flexibility index (Phi) is 6.19. The van der Waals surface area contributed by atoms with E-state index in [1.807, 2.05) is 42.7 Å². The van der Waals surface area contributed by atoms with Gasteiger partial charge in [-0.1, -0.05) is 18.2 Å². The molecule has 3 aromatic rings. The highest BCUT2D eigenvalue weighted by Crippen LogP contribution is 2.43. The number of hydrogen-bond acceptors (Lipinski definition) is 4. The van der Waals surface area contributed by atoms with Crippen LogP contribution in [0.15, 0.2) is 67.0 Å². The van der Waals surface area contributed by atoms with Gasteiger partial charge in [0.15, 0.2) is 0 Å². The monoisotopic (exact) mass is 404 g/mol. The summed E-state index contributed by atoms with van der Waals surface area (Å²) in [5, 5.41) is 0. The maximum atomic E-state index is 11.9. The average Bonchev–Trinajstić information content (AvgIpc) is 3.34. The third-order valence-electron chi connectivity index (χ3n) is 5.96. The van der Waals surface area contributed by atoms with Crippen molar-refractivity contribution in [2.24, 2.45) is 0 Å².